The maximum Gasteiger partial charge on any atom is 0.261 e. The number of halogens is 1. The molecule has 108 valence electrons. The lowest BCUT2D eigenvalue weighted by Gasteiger charge is -2.12. The zero-order chi connectivity index (χ0) is 14.8. The Kier molecular flexibility index (Phi) is 4.29. The molecule has 0 spiro atoms. The van der Waals surface area contributed by atoms with Crippen LogP contribution in [-0.2, 0) is 6.42 Å². The first-order valence-corrected chi connectivity index (χ1v) is 8.72. The number of hydrogen-bond donors (Lipinski definition) is 1. The van der Waals surface area contributed by atoms with Crippen LogP contribution >= 0.6 is 34.3 Å². The molecule has 3 aromatic rings. The predicted octanol–water partition coefficient (Wildman–Crippen LogP) is 4.98. The van der Waals surface area contributed by atoms with Gasteiger partial charge in [0.25, 0.3) is 5.91 Å². The average Bonchev–Trinajstić information content (AvgIpc) is 3.06. The summed E-state index contributed by atoms with van der Waals surface area (Å²) >= 11 is 8.91. The van der Waals surface area contributed by atoms with Crippen LogP contribution in [0.3, 0.4) is 0 Å². The minimum atomic E-state index is -0.0565. The van der Waals surface area contributed by atoms with Gasteiger partial charge in [0.1, 0.15) is 0 Å². The van der Waals surface area contributed by atoms with Crippen molar-refractivity contribution in [2.45, 2.75) is 19.4 Å². The predicted molar refractivity (Wildman–Crippen MR) is 91.8 cm³/mol. The first kappa shape index (κ1) is 14.6. The van der Waals surface area contributed by atoms with Gasteiger partial charge in [0, 0.05) is 10.7 Å². The fourth-order valence-electron chi connectivity index (χ4n) is 2.30. The topological polar surface area (TPSA) is 29.1 Å². The Bertz CT molecular complexity index is 777. The van der Waals surface area contributed by atoms with Gasteiger partial charge >= 0.3 is 0 Å². The highest BCUT2D eigenvalue weighted by atomic mass is 35.5. The average molecular weight is 336 g/mol. The summed E-state index contributed by atoms with van der Waals surface area (Å²) in [5.41, 5.74) is 1.28. The van der Waals surface area contributed by atoms with Crippen LogP contribution in [0.25, 0.3) is 10.1 Å². The summed E-state index contributed by atoms with van der Waals surface area (Å²) in [5.74, 6) is -0.0565. The molecule has 2 aromatic heterocycles. The van der Waals surface area contributed by atoms with Crippen molar-refractivity contribution in [3.05, 3.63) is 56.6 Å². The minimum Gasteiger partial charge on any atom is -0.349 e. The van der Waals surface area contributed by atoms with Gasteiger partial charge in [-0.1, -0.05) is 29.8 Å². The molecule has 0 saturated carbocycles. The molecule has 0 aliphatic carbocycles. The Morgan fingerprint density at radius 3 is 2.86 bits per heavy atom. The van der Waals surface area contributed by atoms with Crippen molar-refractivity contribution in [2.75, 3.05) is 0 Å². The summed E-state index contributed by atoms with van der Waals surface area (Å²) in [6.45, 7) is 2.03. The van der Waals surface area contributed by atoms with Gasteiger partial charge in [-0.15, -0.1) is 22.7 Å². The van der Waals surface area contributed by atoms with E-state index in [4.69, 9.17) is 11.6 Å². The van der Waals surface area contributed by atoms with Gasteiger partial charge in [-0.25, -0.2) is 0 Å². The van der Waals surface area contributed by atoms with E-state index in [1.807, 2.05) is 13.0 Å². The molecule has 2 heterocycles. The number of benzene rings is 1. The van der Waals surface area contributed by atoms with Gasteiger partial charge in [0.15, 0.2) is 0 Å². The lowest BCUT2D eigenvalue weighted by molar-refractivity contribution is 0.0944. The monoisotopic (exact) mass is 335 g/mol. The zero-order valence-electron chi connectivity index (χ0n) is 11.4. The van der Waals surface area contributed by atoms with Crippen molar-refractivity contribution >= 4 is 50.3 Å². The van der Waals surface area contributed by atoms with Crippen molar-refractivity contribution in [1.29, 1.82) is 0 Å². The highest BCUT2D eigenvalue weighted by Gasteiger charge is 2.14. The zero-order valence-corrected chi connectivity index (χ0v) is 13.8. The molecular formula is C16H14ClNOS2. The Hall–Kier alpha value is -1.36. The number of fused-ring (bicyclic) bond motifs is 1. The van der Waals surface area contributed by atoms with E-state index in [1.165, 1.54) is 27.0 Å². The lowest BCUT2D eigenvalue weighted by atomic mass is 10.1. The van der Waals surface area contributed by atoms with Crippen molar-refractivity contribution < 1.29 is 4.79 Å². The van der Waals surface area contributed by atoms with E-state index in [2.05, 4.69) is 28.9 Å². The first-order valence-electron chi connectivity index (χ1n) is 6.65. The summed E-state index contributed by atoms with van der Waals surface area (Å²) in [5, 5.41) is 6.49. The number of nitrogens with one attached hydrogen (secondary N) is 1. The minimum absolute atomic E-state index is 0.0565. The Morgan fingerprint density at radius 1 is 1.29 bits per heavy atom. The number of thiophene rings is 2. The lowest BCUT2D eigenvalue weighted by Crippen LogP contribution is -2.33. The maximum atomic E-state index is 12.1. The standard InChI is InChI=1S/C16H14ClNOS2/c1-10(18-16(19)14-6-7-15(17)21-14)8-11-9-20-13-5-3-2-4-12(11)13/h2-7,9-10H,8H2,1H3,(H,18,19)/t10-/m1/s1. The Morgan fingerprint density at radius 2 is 2.10 bits per heavy atom. The summed E-state index contributed by atoms with van der Waals surface area (Å²) in [6, 6.07) is 11.9. The van der Waals surface area contributed by atoms with E-state index in [0.717, 1.165) is 6.42 Å². The van der Waals surface area contributed by atoms with Crippen LogP contribution in [0, 0.1) is 0 Å². The fourth-order valence-corrected chi connectivity index (χ4v) is 4.22. The molecule has 0 unspecified atom stereocenters. The highest BCUT2D eigenvalue weighted by molar-refractivity contribution is 7.18. The fraction of sp³-hybridized carbons (Fsp3) is 0.188. The van der Waals surface area contributed by atoms with E-state index in [-0.39, 0.29) is 11.9 Å². The van der Waals surface area contributed by atoms with Gasteiger partial charge in [0.05, 0.1) is 9.21 Å². The molecule has 2 nitrogen and oxygen atoms in total. The maximum absolute atomic E-state index is 12.1. The largest absolute Gasteiger partial charge is 0.349 e. The summed E-state index contributed by atoms with van der Waals surface area (Å²) in [4.78, 5) is 12.8. The molecule has 1 atom stereocenters. The molecule has 0 saturated heterocycles. The van der Waals surface area contributed by atoms with Crippen molar-refractivity contribution in [3.8, 4) is 0 Å². The molecule has 0 aliphatic rings. The molecule has 0 bridgehead atoms. The molecule has 3 rings (SSSR count). The van der Waals surface area contributed by atoms with Crippen molar-refractivity contribution in [2.24, 2.45) is 0 Å². The van der Waals surface area contributed by atoms with Crippen LogP contribution in [0.5, 0.6) is 0 Å². The Balaban J connectivity index is 1.69. The number of amides is 1. The smallest absolute Gasteiger partial charge is 0.261 e. The van der Waals surface area contributed by atoms with Crippen LogP contribution in [0.15, 0.2) is 41.8 Å². The quantitative estimate of drug-likeness (QED) is 0.716. The molecule has 0 aliphatic heterocycles. The second-order valence-electron chi connectivity index (χ2n) is 4.94. The Labute approximate surface area is 136 Å². The molecule has 1 N–H and O–H groups in total. The van der Waals surface area contributed by atoms with Crippen molar-refractivity contribution in [3.63, 3.8) is 0 Å². The van der Waals surface area contributed by atoms with E-state index in [9.17, 15) is 4.79 Å². The van der Waals surface area contributed by atoms with Gasteiger partial charge in [-0.3, -0.25) is 4.79 Å². The number of carbonyl (C=O) groups excluding carboxylic acids is 1. The third-order valence-electron chi connectivity index (χ3n) is 3.26. The van der Waals surface area contributed by atoms with Crippen LogP contribution in [0.1, 0.15) is 22.2 Å². The van der Waals surface area contributed by atoms with E-state index < -0.39 is 0 Å². The number of hydrogen-bond acceptors (Lipinski definition) is 3. The summed E-state index contributed by atoms with van der Waals surface area (Å²) < 4.78 is 1.92. The summed E-state index contributed by atoms with van der Waals surface area (Å²) in [6.07, 6.45) is 0.828. The SMILES string of the molecule is C[C@H](Cc1csc2ccccc12)NC(=O)c1ccc(Cl)s1. The van der Waals surface area contributed by atoms with Gasteiger partial charge in [0.2, 0.25) is 0 Å². The van der Waals surface area contributed by atoms with Gasteiger partial charge < -0.3 is 5.32 Å². The molecule has 21 heavy (non-hydrogen) atoms. The van der Waals surface area contributed by atoms with Gasteiger partial charge in [-0.05, 0) is 47.9 Å². The van der Waals surface area contributed by atoms with Crippen molar-refractivity contribution in [1.82, 2.24) is 5.32 Å². The molecule has 0 fully saturated rings. The van der Waals surface area contributed by atoms with Crippen LogP contribution in [-0.4, -0.2) is 11.9 Å². The number of carbonyl (C=O) groups is 1. The second-order valence-corrected chi connectivity index (χ2v) is 7.57. The van der Waals surface area contributed by atoms with Crippen LogP contribution in [0.2, 0.25) is 4.34 Å². The second kappa shape index (κ2) is 6.18. The van der Waals surface area contributed by atoms with Crippen LogP contribution < -0.4 is 5.32 Å². The molecule has 5 heteroatoms. The number of rotatable bonds is 4. The van der Waals surface area contributed by atoms with E-state index in [0.29, 0.717) is 9.21 Å². The summed E-state index contributed by atoms with van der Waals surface area (Å²) in [7, 11) is 0. The van der Waals surface area contributed by atoms with E-state index >= 15 is 0 Å². The first-order chi connectivity index (χ1) is 10.1. The molecular weight excluding hydrogens is 322 g/mol. The molecule has 1 aromatic carbocycles. The normalized spacial score (nSPS) is 12.5. The molecule has 0 radical (unpaired) electrons. The van der Waals surface area contributed by atoms with Gasteiger partial charge in [-0.2, -0.15) is 0 Å². The van der Waals surface area contributed by atoms with E-state index in [1.54, 1.807) is 23.5 Å². The molecule has 1 amide bonds. The highest BCUT2D eigenvalue weighted by Crippen LogP contribution is 2.26. The third-order valence-corrected chi connectivity index (χ3v) is 5.50. The van der Waals surface area contributed by atoms with Crippen LogP contribution in [0.4, 0.5) is 0 Å². The third kappa shape index (κ3) is 3.28.